The minimum absolute atomic E-state index is 0.0715. The van der Waals surface area contributed by atoms with Crippen molar-refractivity contribution >= 4 is 44.2 Å². The van der Waals surface area contributed by atoms with Gasteiger partial charge in [-0.05, 0) is 55.5 Å². The number of nitrogens with one attached hydrogen (secondary N) is 2. The summed E-state index contributed by atoms with van der Waals surface area (Å²) in [5, 5.41) is 12.0. The number of carbonyl (C=O) groups excluding carboxylic acids is 1. The molecule has 0 saturated heterocycles. The average molecular weight is 455 g/mol. The van der Waals surface area contributed by atoms with Gasteiger partial charge in [0.25, 0.3) is 0 Å². The largest absolute Gasteiger partial charge is 0.516 e. The average Bonchev–Trinajstić information content (AvgIpc) is 2.95. The fraction of sp³-hybridized carbons (Fsp3) is 0.158. The standard InChI is InChI=1S/C19H16F3N3O5S/c1-11-8-13-9-15(24-31(29,30)19(20,21)22)6-7-16(13)25(11)10-17(26)23-14-4-2-12(3-5-14)18(27)28/h2-9,24H,10H2,1H3,(H,23,26)(H,27,28). The summed E-state index contributed by atoms with van der Waals surface area (Å²) in [6, 6.07) is 11.0. The monoisotopic (exact) mass is 455 g/mol. The van der Waals surface area contributed by atoms with Gasteiger partial charge in [-0.1, -0.05) is 0 Å². The lowest BCUT2D eigenvalue weighted by molar-refractivity contribution is -0.116. The highest BCUT2D eigenvalue weighted by molar-refractivity contribution is 7.93. The van der Waals surface area contributed by atoms with Gasteiger partial charge in [-0.2, -0.15) is 21.6 Å². The quantitative estimate of drug-likeness (QED) is 0.526. The summed E-state index contributed by atoms with van der Waals surface area (Å²) in [4.78, 5) is 23.3. The maximum atomic E-state index is 12.6. The van der Waals surface area contributed by atoms with E-state index in [1.807, 2.05) is 0 Å². The van der Waals surface area contributed by atoms with Crippen LogP contribution in [-0.4, -0.2) is 35.5 Å². The number of amides is 1. The van der Waals surface area contributed by atoms with Crippen LogP contribution in [-0.2, 0) is 21.4 Å². The van der Waals surface area contributed by atoms with E-state index < -0.39 is 27.4 Å². The molecule has 1 heterocycles. The molecule has 3 N–H and O–H groups in total. The van der Waals surface area contributed by atoms with Crippen molar-refractivity contribution in [2.24, 2.45) is 0 Å². The first kappa shape index (κ1) is 22.2. The van der Waals surface area contributed by atoms with Crippen molar-refractivity contribution in [1.82, 2.24) is 4.57 Å². The first-order chi connectivity index (χ1) is 14.4. The number of sulfonamides is 1. The third-order valence-corrected chi connectivity index (χ3v) is 5.50. The number of aromatic carboxylic acids is 1. The maximum absolute atomic E-state index is 12.6. The zero-order chi connectivity index (χ0) is 23.0. The minimum atomic E-state index is -5.54. The molecule has 0 atom stereocenters. The molecule has 12 heteroatoms. The molecule has 8 nitrogen and oxygen atoms in total. The predicted octanol–water partition coefficient (Wildman–Crippen LogP) is 3.55. The number of carbonyl (C=O) groups is 2. The Morgan fingerprint density at radius 1 is 1.03 bits per heavy atom. The first-order valence-electron chi connectivity index (χ1n) is 8.69. The highest BCUT2D eigenvalue weighted by atomic mass is 32.2. The van der Waals surface area contributed by atoms with Gasteiger partial charge in [-0.25, -0.2) is 4.79 Å². The van der Waals surface area contributed by atoms with Crippen LogP contribution in [0.25, 0.3) is 10.9 Å². The summed E-state index contributed by atoms with van der Waals surface area (Å²) in [5.41, 5.74) is -4.09. The van der Waals surface area contributed by atoms with Crippen LogP contribution in [0.2, 0.25) is 0 Å². The van der Waals surface area contributed by atoms with Crippen molar-refractivity contribution < 1.29 is 36.3 Å². The van der Waals surface area contributed by atoms with E-state index in [1.54, 1.807) is 17.6 Å². The molecule has 3 aromatic rings. The van der Waals surface area contributed by atoms with E-state index in [-0.39, 0.29) is 17.8 Å². The Morgan fingerprint density at radius 3 is 2.23 bits per heavy atom. The number of hydrogen-bond donors (Lipinski definition) is 3. The lowest BCUT2D eigenvalue weighted by Gasteiger charge is -2.12. The number of aryl methyl sites for hydroxylation is 1. The van der Waals surface area contributed by atoms with Crippen molar-refractivity contribution in [3.05, 3.63) is 59.8 Å². The van der Waals surface area contributed by atoms with Gasteiger partial charge >= 0.3 is 21.5 Å². The minimum Gasteiger partial charge on any atom is -0.478 e. The third kappa shape index (κ3) is 4.79. The van der Waals surface area contributed by atoms with Crippen LogP contribution in [0.15, 0.2) is 48.5 Å². The number of anilines is 2. The summed E-state index contributed by atoms with van der Waals surface area (Å²) in [7, 11) is -5.54. The van der Waals surface area contributed by atoms with Crippen LogP contribution in [0.3, 0.4) is 0 Å². The van der Waals surface area contributed by atoms with Crippen LogP contribution in [0.1, 0.15) is 16.1 Å². The molecule has 0 aliphatic carbocycles. The number of halogens is 3. The summed E-state index contributed by atoms with van der Waals surface area (Å²) in [6.45, 7) is 1.57. The van der Waals surface area contributed by atoms with Gasteiger partial charge in [0, 0.05) is 28.0 Å². The van der Waals surface area contributed by atoms with E-state index in [9.17, 15) is 31.2 Å². The Balaban J connectivity index is 1.79. The highest BCUT2D eigenvalue weighted by Gasteiger charge is 2.46. The van der Waals surface area contributed by atoms with Crippen LogP contribution in [0, 0.1) is 6.92 Å². The summed E-state index contributed by atoms with van der Waals surface area (Å²) in [5.74, 6) is -1.50. The van der Waals surface area contributed by atoms with Crippen molar-refractivity contribution in [3.63, 3.8) is 0 Å². The fourth-order valence-corrected chi connectivity index (χ4v) is 3.49. The molecule has 0 saturated carbocycles. The SMILES string of the molecule is Cc1cc2cc(NS(=O)(=O)C(F)(F)F)ccc2n1CC(=O)Nc1ccc(C(=O)O)cc1. The zero-order valence-electron chi connectivity index (χ0n) is 15.9. The molecule has 31 heavy (non-hydrogen) atoms. The van der Waals surface area contributed by atoms with Crippen LogP contribution in [0.4, 0.5) is 24.5 Å². The normalized spacial score (nSPS) is 12.0. The second-order valence-electron chi connectivity index (χ2n) is 6.63. The number of alkyl halides is 3. The third-order valence-electron chi connectivity index (χ3n) is 4.38. The van der Waals surface area contributed by atoms with Crippen LogP contribution >= 0.6 is 0 Å². The highest BCUT2D eigenvalue weighted by Crippen LogP contribution is 2.28. The molecule has 1 aromatic heterocycles. The molecule has 164 valence electrons. The lowest BCUT2D eigenvalue weighted by Crippen LogP contribution is -2.29. The number of aromatic nitrogens is 1. The van der Waals surface area contributed by atoms with Gasteiger partial charge in [-0.15, -0.1) is 0 Å². The van der Waals surface area contributed by atoms with E-state index in [4.69, 9.17) is 5.11 Å². The van der Waals surface area contributed by atoms with Crippen molar-refractivity contribution in [2.45, 2.75) is 19.0 Å². The van der Waals surface area contributed by atoms with E-state index in [0.717, 1.165) is 0 Å². The molecule has 0 aliphatic rings. The number of hydrogen-bond acceptors (Lipinski definition) is 4. The number of carboxylic acid groups (broad SMARTS) is 1. The Bertz CT molecular complexity index is 1270. The molecular weight excluding hydrogens is 439 g/mol. The Morgan fingerprint density at radius 2 is 1.65 bits per heavy atom. The van der Waals surface area contributed by atoms with Crippen molar-refractivity contribution in [3.8, 4) is 0 Å². The van der Waals surface area contributed by atoms with Gasteiger partial charge in [0.15, 0.2) is 0 Å². The molecule has 2 aromatic carbocycles. The smallest absolute Gasteiger partial charge is 0.478 e. The van der Waals surface area contributed by atoms with Gasteiger partial charge in [0.05, 0.1) is 5.56 Å². The number of benzene rings is 2. The lowest BCUT2D eigenvalue weighted by atomic mass is 10.2. The van der Waals surface area contributed by atoms with E-state index in [1.165, 1.54) is 47.2 Å². The van der Waals surface area contributed by atoms with Gasteiger partial charge < -0.3 is 15.0 Å². The second-order valence-corrected chi connectivity index (χ2v) is 8.30. The molecule has 0 fully saturated rings. The second kappa shape index (κ2) is 7.95. The fourth-order valence-electron chi connectivity index (χ4n) is 2.94. The predicted molar refractivity (Wildman–Crippen MR) is 107 cm³/mol. The van der Waals surface area contributed by atoms with E-state index in [2.05, 4.69) is 5.32 Å². The Hall–Kier alpha value is -3.54. The number of nitrogens with zero attached hydrogens (tertiary/aromatic N) is 1. The van der Waals surface area contributed by atoms with Crippen LogP contribution < -0.4 is 10.0 Å². The molecule has 3 rings (SSSR count). The van der Waals surface area contributed by atoms with Crippen molar-refractivity contribution in [2.75, 3.05) is 10.0 Å². The van der Waals surface area contributed by atoms with Crippen molar-refractivity contribution in [1.29, 1.82) is 0 Å². The molecule has 0 unspecified atom stereocenters. The zero-order valence-corrected chi connectivity index (χ0v) is 16.7. The molecule has 0 radical (unpaired) electrons. The summed E-state index contributed by atoms with van der Waals surface area (Å²) >= 11 is 0. The molecule has 0 bridgehead atoms. The van der Waals surface area contributed by atoms with Gasteiger partial charge in [0.1, 0.15) is 6.54 Å². The van der Waals surface area contributed by atoms with Gasteiger partial charge in [-0.3, -0.25) is 9.52 Å². The summed E-state index contributed by atoms with van der Waals surface area (Å²) < 4.78 is 63.3. The molecule has 0 spiro atoms. The van der Waals surface area contributed by atoms with Gasteiger partial charge in [0.2, 0.25) is 5.91 Å². The van der Waals surface area contributed by atoms with E-state index in [0.29, 0.717) is 22.3 Å². The number of carboxylic acids is 1. The first-order valence-corrected chi connectivity index (χ1v) is 10.2. The Kier molecular flexibility index (Phi) is 5.68. The number of fused-ring (bicyclic) bond motifs is 1. The maximum Gasteiger partial charge on any atom is 0.516 e. The van der Waals surface area contributed by atoms with Crippen LogP contribution in [0.5, 0.6) is 0 Å². The number of rotatable bonds is 6. The van der Waals surface area contributed by atoms with E-state index >= 15 is 0 Å². The summed E-state index contributed by atoms with van der Waals surface area (Å²) in [6.07, 6.45) is 0. The Labute approximate surface area is 174 Å². The topological polar surface area (TPSA) is 118 Å². The molecule has 1 amide bonds. The molecular formula is C19H16F3N3O5S. The molecule has 0 aliphatic heterocycles.